The van der Waals surface area contributed by atoms with Gasteiger partial charge in [0.25, 0.3) is 0 Å². The highest BCUT2D eigenvalue weighted by atomic mass is 16.3. The zero-order chi connectivity index (χ0) is 12.3. The summed E-state index contributed by atoms with van der Waals surface area (Å²) in [6.07, 6.45) is 1.73. The third-order valence-corrected chi connectivity index (χ3v) is 2.90. The Morgan fingerprint density at radius 1 is 1.12 bits per heavy atom. The van der Waals surface area contributed by atoms with Crippen LogP contribution in [0.4, 0.5) is 5.69 Å². The molecule has 0 aliphatic carbocycles. The zero-order valence-electron chi connectivity index (χ0n) is 10.3. The maximum atomic E-state index is 5.93. The molecule has 0 fully saturated rings. The summed E-state index contributed by atoms with van der Waals surface area (Å²) in [6.45, 7) is 3.70. The lowest BCUT2D eigenvalue weighted by Crippen LogP contribution is -2.18. The summed E-state index contributed by atoms with van der Waals surface area (Å²) < 4.78 is 5.29. The van der Waals surface area contributed by atoms with E-state index in [1.807, 2.05) is 31.2 Å². The zero-order valence-corrected chi connectivity index (χ0v) is 10.3. The number of nitrogen functional groups attached to an aromatic ring is 1. The Morgan fingerprint density at radius 2 is 1.82 bits per heavy atom. The molecule has 1 heterocycles. The fourth-order valence-corrected chi connectivity index (χ4v) is 1.89. The van der Waals surface area contributed by atoms with Crippen molar-refractivity contribution in [3.63, 3.8) is 0 Å². The molecule has 0 aliphatic heterocycles. The van der Waals surface area contributed by atoms with Crippen LogP contribution < -0.4 is 5.73 Å². The molecule has 0 unspecified atom stereocenters. The van der Waals surface area contributed by atoms with Crippen molar-refractivity contribution in [1.82, 2.24) is 4.90 Å². The highest BCUT2D eigenvalue weighted by Gasteiger charge is 2.07. The van der Waals surface area contributed by atoms with E-state index < -0.39 is 0 Å². The van der Waals surface area contributed by atoms with Gasteiger partial charge in [-0.3, -0.25) is 4.90 Å². The second-order valence-corrected chi connectivity index (χ2v) is 4.37. The molecule has 0 aliphatic rings. The number of para-hydroxylation sites is 1. The molecule has 17 heavy (non-hydrogen) atoms. The summed E-state index contributed by atoms with van der Waals surface area (Å²) in [6, 6.07) is 9.99. The van der Waals surface area contributed by atoms with Crippen LogP contribution in [0.25, 0.3) is 0 Å². The fraction of sp³-hybridized carbons (Fsp3) is 0.286. The van der Waals surface area contributed by atoms with Gasteiger partial charge in [-0.1, -0.05) is 18.2 Å². The van der Waals surface area contributed by atoms with E-state index in [-0.39, 0.29) is 0 Å². The number of nitrogens with zero attached hydrogens (tertiary/aromatic N) is 1. The molecule has 0 atom stereocenters. The summed E-state index contributed by atoms with van der Waals surface area (Å²) in [5, 5.41) is 0. The average Bonchev–Trinajstić information content (AvgIpc) is 2.68. The molecule has 0 spiro atoms. The van der Waals surface area contributed by atoms with Gasteiger partial charge in [-0.2, -0.15) is 0 Å². The molecule has 2 rings (SSSR count). The van der Waals surface area contributed by atoms with E-state index >= 15 is 0 Å². The van der Waals surface area contributed by atoms with Gasteiger partial charge in [-0.05, 0) is 31.7 Å². The molecule has 0 saturated heterocycles. The quantitative estimate of drug-likeness (QED) is 0.821. The Hall–Kier alpha value is -1.74. The third-order valence-electron chi connectivity index (χ3n) is 2.90. The van der Waals surface area contributed by atoms with Crippen molar-refractivity contribution in [1.29, 1.82) is 0 Å². The minimum absolute atomic E-state index is 0.845. The molecule has 0 saturated carbocycles. The van der Waals surface area contributed by atoms with Crippen LogP contribution in [0, 0.1) is 6.92 Å². The molecule has 3 nitrogen and oxygen atoms in total. The highest BCUT2D eigenvalue weighted by Crippen LogP contribution is 2.16. The minimum Gasteiger partial charge on any atom is -0.469 e. The van der Waals surface area contributed by atoms with Gasteiger partial charge in [-0.25, -0.2) is 0 Å². The molecular formula is C14H18N2O. The Balaban J connectivity index is 2.01. The number of hydrogen-bond acceptors (Lipinski definition) is 3. The lowest BCUT2D eigenvalue weighted by atomic mass is 10.1. The molecule has 0 bridgehead atoms. The van der Waals surface area contributed by atoms with Crippen molar-refractivity contribution < 1.29 is 4.42 Å². The van der Waals surface area contributed by atoms with Crippen LogP contribution >= 0.6 is 0 Å². The van der Waals surface area contributed by atoms with Crippen molar-refractivity contribution in [3.05, 3.63) is 53.5 Å². The number of hydrogen-bond donors (Lipinski definition) is 1. The van der Waals surface area contributed by atoms with Gasteiger partial charge >= 0.3 is 0 Å². The maximum absolute atomic E-state index is 5.93. The smallest absolute Gasteiger partial charge is 0.105 e. The monoisotopic (exact) mass is 230 g/mol. The van der Waals surface area contributed by atoms with Gasteiger partial charge in [-0.15, -0.1) is 0 Å². The lowest BCUT2D eigenvalue weighted by molar-refractivity contribution is 0.317. The summed E-state index contributed by atoms with van der Waals surface area (Å²) in [5.74, 6) is 0.984. The van der Waals surface area contributed by atoms with E-state index in [1.54, 1.807) is 6.26 Å². The number of furan rings is 1. The maximum Gasteiger partial charge on any atom is 0.105 e. The Labute approximate surface area is 102 Å². The topological polar surface area (TPSA) is 42.4 Å². The van der Waals surface area contributed by atoms with Crippen molar-refractivity contribution in [2.75, 3.05) is 12.8 Å². The van der Waals surface area contributed by atoms with E-state index in [0.717, 1.165) is 30.1 Å². The van der Waals surface area contributed by atoms with E-state index in [0.29, 0.717) is 0 Å². The Morgan fingerprint density at radius 3 is 2.47 bits per heavy atom. The first-order valence-corrected chi connectivity index (χ1v) is 5.71. The number of anilines is 1. The first-order chi connectivity index (χ1) is 8.16. The van der Waals surface area contributed by atoms with Crippen LogP contribution in [0.5, 0.6) is 0 Å². The average molecular weight is 230 g/mol. The van der Waals surface area contributed by atoms with E-state index in [1.165, 1.54) is 5.56 Å². The molecular weight excluding hydrogens is 212 g/mol. The van der Waals surface area contributed by atoms with Crippen LogP contribution in [0.2, 0.25) is 0 Å². The van der Waals surface area contributed by atoms with Gasteiger partial charge in [0.1, 0.15) is 5.76 Å². The van der Waals surface area contributed by atoms with Crippen LogP contribution in [0.1, 0.15) is 16.9 Å². The van der Waals surface area contributed by atoms with Gasteiger partial charge in [0.15, 0.2) is 0 Å². The molecule has 90 valence electrons. The molecule has 0 amide bonds. The summed E-state index contributed by atoms with van der Waals surface area (Å²) >= 11 is 0. The molecule has 3 heteroatoms. The Kier molecular flexibility index (Phi) is 3.49. The minimum atomic E-state index is 0.845. The SMILES string of the molecule is Cc1occc1CN(C)Cc1ccccc1N. The lowest BCUT2D eigenvalue weighted by Gasteiger charge is -2.17. The standard InChI is InChI=1S/C14H18N2O/c1-11-12(7-8-17-11)9-16(2)10-13-5-3-4-6-14(13)15/h3-8H,9-10,15H2,1-2H3. The van der Waals surface area contributed by atoms with Crippen molar-refractivity contribution >= 4 is 5.69 Å². The number of rotatable bonds is 4. The van der Waals surface area contributed by atoms with Crippen LogP contribution in [-0.2, 0) is 13.1 Å². The van der Waals surface area contributed by atoms with Crippen LogP contribution in [-0.4, -0.2) is 11.9 Å². The second kappa shape index (κ2) is 5.06. The van der Waals surface area contributed by atoms with E-state index in [9.17, 15) is 0 Å². The number of nitrogens with two attached hydrogens (primary N) is 1. The second-order valence-electron chi connectivity index (χ2n) is 4.37. The number of benzene rings is 1. The highest BCUT2D eigenvalue weighted by molar-refractivity contribution is 5.46. The predicted octanol–water partition coefficient (Wildman–Crippen LogP) is 2.80. The van der Waals surface area contributed by atoms with Gasteiger partial charge in [0.2, 0.25) is 0 Å². The van der Waals surface area contributed by atoms with Crippen molar-refractivity contribution in [2.24, 2.45) is 0 Å². The summed E-state index contributed by atoms with van der Waals surface area (Å²) in [5.41, 5.74) is 9.16. The fourth-order valence-electron chi connectivity index (χ4n) is 1.89. The molecule has 1 aromatic heterocycles. The van der Waals surface area contributed by atoms with Crippen LogP contribution in [0.3, 0.4) is 0 Å². The van der Waals surface area contributed by atoms with Crippen LogP contribution in [0.15, 0.2) is 41.0 Å². The molecule has 1 aromatic carbocycles. The predicted molar refractivity (Wildman–Crippen MR) is 69.5 cm³/mol. The third kappa shape index (κ3) is 2.88. The first-order valence-electron chi connectivity index (χ1n) is 5.71. The van der Waals surface area contributed by atoms with E-state index in [4.69, 9.17) is 10.2 Å². The van der Waals surface area contributed by atoms with Gasteiger partial charge in [0.05, 0.1) is 6.26 Å². The van der Waals surface area contributed by atoms with Gasteiger partial charge in [0, 0.05) is 24.3 Å². The van der Waals surface area contributed by atoms with Crippen molar-refractivity contribution in [2.45, 2.75) is 20.0 Å². The summed E-state index contributed by atoms with van der Waals surface area (Å²) in [4.78, 5) is 2.23. The van der Waals surface area contributed by atoms with Crippen molar-refractivity contribution in [3.8, 4) is 0 Å². The molecule has 2 aromatic rings. The largest absolute Gasteiger partial charge is 0.469 e. The normalized spacial score (nSPS) is 11.0. The van der Waals surface area contributed by atoms with Gasteiger partial charge < -0.3 is 10.2 Å². The van der Waals surface area contributed by atoms with E-state index in [2.05, 4.69) is 18.0 Å². The first kappa shape index (κ1) is 11.7. The molecule has 2 N–H and O–H groups in total. The molecule has 0 radical (unpaired) electrons. The number of aryl methyl sites for hydroxylation is 1. The Bertz CT molecular complexity index is 490. The summed E-state index contributed by atoms with van der Waals surface area (Å²) in [7, 11) is 2.08.